The van der Waals surface area contributed by atoms with Crippen molar-refractivity contribution >= 4 is 34.7 Å². The summed E-state index contributed by atoms with van der Waals surface area (Å²) in [6, 6.07) is 18.4. The van der Waals surface area contributed by atoms with Gasteiger partial charge in [0, 0.05) is 43.3 Å². The van der Waals surface area contributed by atoms with Gasteiger partial charge in [-0.25, -0.2) is 9.82 Å². The number of rotatable bonds is 5. The summed E-state index contributed by atoms with van der Waals surface area (Å²) in [6.45, 7) is 7.86. The molecule has 2 heterocycles. The third-order valence-corrected chi connectivity index (χ3v) is 6.40. The van der Waals surface area contributed by atoms with Crippen molar-refractivity contribution < 1.29 is 9.18 Å². The molecule has 2 aromatic carbocycles. The number of nitrogens with zero attached hydrogens (tertiary/aromatic N) is 3. The summed E-state index contributed by atoms with van der Waals surface area (Å²) in [5, 5.41) is 4.21. The molecular formula is C26H24FIN4O. The van der Waals surface area contributed by atoms with E-state index in [0.29, 0.717) is 5.56 Å². The monoisotopic (exact) mass is 554 g/mol. The molecule has 168 valence electrons. The van der Waals surface area contributed by atoms with Gasteiger partial charge in [0.15, 0.2) is 0 Å². The first-order chi connectivity index (χ1) is 15.8. The van der Waals surface area contributed by atoms with Gasteiger partial charge in [-0.15, -0.1) is 0 Å². The van der Waals surface area contributed by atoms with E-state index in [4.69, 9.17) is 0 Å². The SMILES string of the molecule is Cc1cc(/C=N\NC(=O)c2cc(C)n(-c3ccc(F)cc3)c2C)c(C)n1-c1ccc(I)cc1. The van der Waals surface area contributed by atoms with Crippen LogP contribution < -0.4 is 5.43 Å². The summed E-state index contributed by atoms with van der Waals surface area (Å²) in [5.41, 5.74) is 9.77. The molecule has 33 heavy (non-hydrogen) atoms. The Morgan fingerprint density at radius 1 is 0.879 bits per heavy atom. The lowest BCUT2D eigenvalue weighted by Crippen LogP contribution is -2.18. The topological polar surface area (TPSA) is 51.3 Å². The van der Waals surface area contributed by atoms with Crippen LogP contribution in [0.15, 0.2) is 65.8 Å². The Balaban J connectivity index is 1.54. The van der Waals surface area contributed by atoms with Crippen LogP contribution in [0.5, 0.6) is 0 Å². The number of halogens is 2. The van der Waals surface area contributed by atoms with Crippen molar-refractivity contribution in [2.45, 2.75) is 27.7 Å². The van der Waals surface area contributed by atoms with E-state index in [9.17, 15) is 9.18 Å². The zero-order valence-electron chi connectivity index (χ0n) is 18.9. The number of aryl methyl sites for hydroxylation is 2. The van der Waals surface area contributed by atoms with Crippen LogP contribution in [-0.4, -0.2) is 21.3 Å². The summed E-state index contributed by atoms with van der Waals surface area (Å²) in [4.78, 5) is 12.8. The van der Waals surface area contributed by atoms with Crippen LogP contribution >= 0.6 is 22.6 Å². The van der Waals surface area contributed by atoms with Crippen LogP contribution in [0.3, 0.4) is 0 Å². The molecule has 0 aliphatic rings. The van der Waals surface area contributed by atoms with Gasteiger partial charge in [0.1, 0.15) is 5.82 Å². The average Bonchev–Trinajstić information content (AvgIpc) is 3.24. The predicted octanol–water partition coefficient (Wildman–Crippen LogP) is 6.01. The highest BCUT2D eigenvalue weighted by Gasteiger charge is 2.16. The van der Waals surface area contributed by atoms with Crippen LogP contribution in [0, 0.1) is 37.1 Å². The molecule has 7 heteroatoms. The highest BCUT2D eigenvalue weighted by molar-refractivity contribution is 14.1. The van der Waals surface area contributed by atoms with Crippen LogP contribution in [0.1, 0.15) is 38.7 Å². The summed E-state index contributed by atoms with van der Waals surface area (Å²) in [6.07, 6.45) is 1.67. The molecule has 0 fully saturated rings. The highest BCUT2D eigenvalue weighted by atomic mass is 127. The van der Waals surface area contributed by atoms with Crippen LogP contribution in [0.2, 0.25) is 0 Å². The first-order valence-corrected chi connectivity index (χ1v) is 11.6. The lowest BCUT2D eigenvalue weighted by molar-refractivity contribution is 0.0954. The van der Waals surface area contributed by atoms with Gasteiger partial charge in [-0.05, 0) is 111 Å². The van der Waals surface area contributed by atoms with E-state index in [1.807, 2.05) is 44.4 Å². The van der Waals surface area contributed by atoms with Crippen LogP contribution in [0.25, 0.3) is 11.4 Å². The van der Waals surface area contributed by atoms with E-state index >= 15 is 0 Å². The fourth-order valence-corrected chi connectivity index (χ4v) is 4.47. The van der Waals surface area contributed by atoms with E-state index < -0.39 is 0 Å². The summed E-state index contributed by atoms with van der Waals surface area (Å²) in [7, 11) is 0. The van der Waals surface area contributed by atoms with Crippen molar-refractivity contribution in [1.29, 1.82) is 0 Å². The van der Waals surface area contributed by atoms with Gasteiger partial charge in [-0.3, -0.25) is 4.79 Å². The summed E-state index contributed by atoms with van der Waals surface area (Å²) >= 11 is 2.29. The van der Waals surface area contributed by atoms with Crippen LogP contribution in [0.4, 0.5) is 4.39 Å². The van der Waals surface area contributed by atoms with Gasteiger partial charge >= 0.3 is 0 Å². The maximum Gasteiger partial charge on any atom is 0.273 e. The minimum atomic E-state index is -0.296. The molecule has 0 spiro atoms. The molecule has 4 rings (SSSR count). The number of hydrogen-bond acceptors (Lipinski definition) is 2. The summed E-state index contributed by atoms with van der Waals surface area (Å²) in [5.74, 6) is -0.589. The second kappa shape index (κ2) is 9.35. The van der Waals surface area contributed by atoms with Gasteiger partial charge < -0.3 is 9.13 Å². The van der Waals surface area contributed by atoms with E-state index in [0.717, 1.165) is 39.7 Å². The molecule has 5 nitrogen and oxygen atoms in total. The number of nitrogens with one attached hydrogen (secondary N) is 1. The molecule has 4 aromatic rings. The fraction of sp³-hybridized carbons (Fsp3) is 0.154. The van der Waals surface area contributed by atoms with E-state index in [2.05, 4.69) is 62.0 Å². The van der Waals surface area contributed by atoms with Crippen LogP contribution in [-0.2, 0) is 0 Å². The first kappa shape index (κ1) is 23.0. The minimum Gasteiger partial charge on any atom is -0.318 e. The number of amides is 1. The Morgan fingerprint density at radius 2 is 1.42 bits per heavy atom. The Morgan fingerprint density at radius 3 is 2.06 bits per heavy atom. The summed E-state index contributed by atoms with van der Waals surface area (Å²) < 4.78 is 18.6. The molecule has 0 bridgehead atoms. The Kier molecular flexibility index (Phi) is 6.51. The lowest BCUT2D eigenvalue weighted by Gasteiger charge is -2.10. The standard InChI is InChI=1S/C26H24FIN4O/c1-16-13-20(18(3)31(16)24-11-7-22(28)8-12-24)15-29-30-26(33)25-14-17(2)32(19(25)4)23-9-5-21(27)6-10-23/h5-15H,1-4H3,(H,30,33)/b29-15-. The molecule has 1 amide bonds. The third-order valence-electron chi connectivity index (χ3n) is 5.69. The lowest BCUT2D eigenvalue weighted by atomic mass is 10.2. The molecule has 0 aliphatic heterocycles. The smallest absolute Gasteiger partial charge is 0.273 e. The zero-order valence-corrected chi connectivity index (χ0v) is 21.0. The van der Waals surface area contributed by atoms with Crippen molar-refractivity contribution in [3.63, 3.8) is 0 Å². The third kappa shape index (κ3) is 4.64. The fourth-order valence-electron chi connectivity index (χ4n) is 4.11. The molecule has 0 saturated carbocycles. The number of aromatic nitrogens is 2. The molecule has 0 atom stereocenters. The second-order valence-corrected chi connectivity index (χ2v) is 9.18. The van der Waals surface area contributed by atoms with Gasteiger partial charge in [-0.2, -0.15) is 5.10 Å². The van der Waals surface area contributed by atoms with Gasteiger partial charge in [-0.1, -0.05) is 0 Å². The highest BCUT2D eigenvalue weighted by Crippen LogP contribution is 2.22. The molecule has 1 N–H and O–H groups in total. The van der Waals surface area contributed by atoms with Gasteiger partial charge in [0.05, 0.1) is 11.8 Å². The van der Waals surface area contributed by atoms with Crippen molar-refractivity contribution in [3.05, 3.63) is 104 Å². The van der Waals surface area contributed by atoms with Gasteiger partial charge in [0.25, 0.3) is 5.91 Å². The number of hydrogen-bond donors (Lipinski definition) is 1. The number of carbonyl (C=O) groups excluding carboxylic acids is 1. The van der Waals surface area contributed by atoms with E-state index in [1.165, 1.54) is 15.7 Å². The molecular weight excluding hydrogens is 530 g/mol. The molecule has 0 aliphatic carbocycles. The molecule has 0 unspecified atom stereocenters. The molecule has 2 aromatic heterocycles. The van der Waals surface area contributed by atoms with E-state index in [1.54, 1.807) is 18.3 Å². The van der Waals surface area contributed by atoms with Crippen molar-refractivity contribution in [1.82, 2.24) is 14.6 Å². The molecule has 0 radical (unpaired) electrons. The molecule has 0 saturated heterocycles. The van der Waals surface area contributed by atoms with Crippen molar-refractivity contribution in [2.24, 2.45) is 5.10 Å². The predicted molar refractivity (Wildman–Crippen MR) is 138 cm³/mol. The maximum absolute atomic E-state index is 13.3. The first-order valence-electron chi connectivity index (χ1n) is 10.5. The number of hydrazone groups is 1. The van der Waals surface area contributed by atoms with E-state index in [-0.39, 0.29) is 11.7 Å². The Hall–Kier alpha value is -3.20. The average molecular weight is 554 g/mol. The number of carbonyl (C=O) groups is 1. The largest absolute Gasteiger partial charge is 0.318 e. The Bertz CT molecular complexity index is 1350. The Labute approximate surface area is 206 Å². The van der Waals surface area contributed by atoms with Crippen molar-refractivity contribution in [2.75, 3.05) is 0 Å². The number of benzene rings is 2. The zero-order chi connectivity index (χ0) is 23.7. The second-order valence-electron chi connectivity index (χ2n) is 7.93. The van der Waals surface area contributed by atoms with Gasteiger partial charge in [0.2, 0.25) is 0 Å². The van der Waals surface area contributed by atoms with Crippen molar-refractivity contribution in [3.8, 4) is 11.4 Å². The maximum atomic E-state index is 13.3. The normalized spacial score (nSPS) is 11.3. The quantitative estimate of drug-likeness (QED) is 0.184. The minimum absolute atomic E-state index is 0.292.